The highest BCUT2D eigenvalue weighted by molar-refractivity contribution is 5.85. The summed E-state index contributed by atoms with van der Waals surface area (Å²) in [6.45, 7) is 0. The van der Waals surface area contributed by atoms with E-state index in [9.17, 15) is 9.18 Å². The molecule has 0 spiro atoms. The van der Waals surface area contributed by atoms with Crippen molar-refractivity contribution in [2.75, 3.05) is 7.11 Å². The van der Waals surface area contributed by atoms with Gasteiger partial charge < -0.3 is 10.5 Å². The first kappa shape index (κ1) is 20.3. The minimum absolute atomic E-state index is 0. The zero-order chi connectivity index (χ0) is 14.5. The first-order valence-electron chi connectivity index (χ1n) is 6.14. The molecule has 0 bridgehead atoms. The summed E-state index contributed by atoms with van der Waals surface area (Å²) < 4.78 is 17.6. The van der Waals surface area contributed by atoms with Crippen molar-refractivity contribution in [1.82, 2.24) is 4.98 Å². The molecule has 120 valence electrons. The lowest BCUT2D eigenvalue weighted by atomic mass is 10.0. The Hall–Kier alpha value is -1.69. The van der Waals surface area contributed by atoms with Crippen LogP contribution in [0.5, 0.6) is 0 Å². The number of esters is 1. The molecule has 2 N–H and O–H groups in total. The summed E-state index contributed by atoms with van der Waals surface area (Å²) in [4.78, 5) is 14.8. The van der Waals surface area contributed by atoms with Crippen LogP contribution in [-0.2, 0) is 16.0 Å². The molecule has 1 aromatic carbocycles. The molecule has 0 aliphatic rings. The molecule has 0 fully saturated rings. The standard InChI is InChI=1S/C15H15FN2O2.2ClH/c1-20-15(19)13(17)8-10-2-4-11(5-3-10)12-6-7-18-14(16)9-12;;/h2-7,9,13H,8,17H2,1H3;2*1H/t13-;;/m0../s1. The SMILES string of the molecule is COC(=O)[C@@H](N)Cc1ccc(-c2ccnc(F)c2)cc1.Cl.Cl. The van der Waals surface area contributed by atoms with E-state index in [1.165, 1.54) is 19.4 Å². The van der Waals surface area contributed by atoms with Gasteiger partial charge in [0.15, 0.2) is 0 Å². The van der Waals surface area contributed by atoms with Crippen LogP contribution in [0.25, 0.3) is 11.1 Å². The Balaban J connectivity index is 0.00000220. The van der Waals surface area contributed by atoms with E-state index >= 15 is 0 Å². The molecule has 1 heterocycles. The highest BCUT2D eigenvalue weighted by Gasteiger charge is 2.14. The van der Waals surface area contributed by atoms with Crippen molar-refractivity contribution in [3.8, 4) is 11.1 Å². The van der Waals surface area contributed by atoms with Crippen LogP contribution in [0.2, 0.25) is 0 Å². The molecule has 0 radical (unpaired) electrons. The van der Waals surface area contributed by atoms with Crippen molar-refractivity contribution in [1.29, 1.82) is 0 Å². The number of hydrogen-bond donors (Lipinski definition) is 1. The Labute approximate surface area is 140 Å². The zero-order valence-electron chi connectivity index (χ0n) is 11.9. The zero-order valence-corrected chi connectivity index (χ0v) is 13.5. The van der Waals surface area contributed by atoms with Crippen LogP contribution in [0.15, 0.2) is 42.6 Å². The van der Waals surface area contributed by atoms with Gasteiger partial charge in [0.1, 0.15) is 6.04 Å². The fraction of sp³-hybridized carbons (Fsp3) is 0.200. The fourth-order valence-electron chi connectivity index (χ4n) is 1.90. The number of ether oxygens (including phenoxy) is 1. The molecular weight excluding hydrogens is 330 g/mol. The van der Waals surface area contributed by atoms with Crippen LogP contribution in [0.1, 0.15) is 5.56 Å². The Morgan fingerprint density at radius 2 is 1.86 bits per heavy atom. The summed E-state index contributed by atoms with van der Waals surface area (Å²) in [6, 6.07) is 9.85. The first-order valence-corrected chi connectivity index (χ1v) is 6.14. The number of nitrogens with zero attached hydrogens (tertiary/aromatic N) is 1. The third-order valence-electron chi connectivity index (χ3n) is 2.97. The van der Waals surface area contributed by atoms with Gasteiger partial charge >= 0.3 is 5.97 Å². The largest absolute Gasteiger partial charge is 0.468 e. The predicted octanol–water partition coefficient (Wildman–Crippen LogP) is 2.77. The number of methoxy groups -OCH3 is 1. The summed E-state index contributed by atoms with van der Waals surface area (Å²) in [5.74, 6) is -0.954. The number of benzene rings is 1. The maximum Gasteiger partial charge on any atom is 0.322 e. The molecule has 0 saturated carbocycles. The number of pyridine rings is 1. The number of aromatic nitrogens is 1. The molecule has 22 heavy (non-hydrogen) atoms. The summed E-state index contributed by atoms with van der Waals surface area (Å²) in [5, 5.41) is 0. The second-order valence-electron chi connectivity index (χ2n) is 4.40. The van der Waals surface area contributed by atoms with E-state index in [-0.39, 0.29) is 24.8 Å². The maximum atomic E-state index is 13.1. The van der Waals surface area contributed by atoms with E-state index in [1.807, 2.05) is 24.3 Å². The van der Waals surface area contributed by atoms with Crippen LogP contribution in [0.3, 0.4) is 0 Å². The molecule has 1 atom stereocenters. The lowest BCUT2D eigenvalue weighted by molar-refractivity contribution is -0.142. The van der Waals surface area contributed by atoms with E-state index in [0.717, 1.165) is 16.7 Å². The second kappa shape index (κ2) is 9.35. The van der Waals surface area contributed by atoms with Crippen LogP contribution in [0, 0.1) is 5.95 Å². The van der Waals surface area contributed by atoms with Gasteiger partial charge in [-0.3, -0.25) is 4.79 Å². The van der Waals surface area contributed by atoms with Gasteiger partial charge in [0.05, 0.1) is 7.11 Å². The average molecular weight is 347 g/mol. The smallest absolute Gasteiger partial charge is 0.322 e. The molecule has 0 saturated heterocycles. The molecule has 0 aliphatic carbocycles. The van der Waals surface area contributed by atoms with Crippen molar-refractivity contribution >= 4 is 30.8 Å². The lowest BCUT2D eigenvalue weighted by Gasteiger charge is -2.09. The molecule has 1 aromatic heterocycles. The summed E-state index contributed by atoms with van der Waals surface area (Å²) in [5.41, 5.74) is 8.24. The molecular formula is C15H17Cl2FN2O2. The highest BCUT2D eigenvalue weighted by Crippen LogP contribution is 2.20. The minimum atomic E-state index is -0.677. The van der Waals surface area contributed by atoms with Crippen LogP contribution in [-0.4, -0.2) is 24.1 Å². The Morgan fingerprint density at radius 1 is 1.23 bits per heavy atom. The van der Waals surface area contributed by atoms with Crippen LogP contribution >= 0.6 is 24.8 Å². The van der Waals surface area contributed by atoms with Gasteiger partial charge in [0.25, 0.3) is 0 Å². The maximum absolute atomic E-state index is 13.1. The molecule has 0 aliphatic heterocycles. The van der Waals surface area contributed by atoms with Gasteiger partial charge in [-0.2, -0.15) is 4.39 Å². The molecule has 2 aromatic rings. The van der Waals surface area contributed by atoms with Crippen molar-refractivity contribution < 1.29 is 13.9 Å². The van der Waals surface area contributed by atoms with Gasteiger partial charge in [-0.05, 0) is 29.2 Å². The Kier molecular flexibility index (Phi) is 8.63. The van der Waals surface area contributed by atoms with Crippen molar-refractivity contribution in [3.05, 3.63) is 54.1 Å². The van der Waals surface area contributed by atoms with Gasteiger partial charge in [-0.1, -0.05) is 24.3 Å². The normalized spacial score (nSPS) is 10.9. The quantitative estimate of drug-likeness (QED) is 0.682. The topological polar surface area (TPSA) is 65.2 Å². The van der Waals surface area contributed by atoms with Crippen molar-refractivity contribution in [2.45, 2.75) is 12.5 Å². The molecule has 0 unspecified atom stereocenters. The molecule has 2 rings (SSSR count). The van der Waals surface area contributed by atoms with Crippen molar-refractivity contribution in [3.63, 3.8) is 0 Å². The third kappa shape index (κ3) is 5.26. The van der Waals surface area contributed by atoms with Gasteiger partial charge in [0.2, 0.25) is 5.95 Å². The molecule has 4 nitrogen and oxygen atoms in total. The lowest BCUT2D eigenvalue weighted by Crippen LogP contribution is -2.33. The van der Waals surface area contributed by atoms with E-state index in [1.54, 1.807) is 6.07 Å². The second-order valence-corrected chi connectivity index (χ2v) is 4.40. The Bertz CT molecular complexity index is 609. The predicted molar refractivity (Wildman–Crippen MR) is 87.8 cm³/mol. The summed E-state index contributed by atoms with van der Waals surface area (Å²) in [6.07, 6.45) is 1.82. The van der Waals surface area contributed by atoms with E-state index < -0.39 is 18.0 Å². The van der Waals surface area contributed by atoms with E-state index in [0.29, 0.717) is 6.42 Å². The number of nitrogens with two attached hydrogens (primary N) is 1. The van der Waals surface area contributed by atoms with E-state index in [4.69, 9.17) is 5.73 Å². The van der Waals surface area contributed by atoms with Crippen LogP contribution in [0.4, 0.5) is 4.39 Å². The highest BCUT2D eigenvalue weighted by atomic mass is 35.5. The van der Waals surface area contributed by atoms with Gasteiger partial charge in [-0.15, -0.1) is 24.8 Å². The van der Waals surface area contributed by atoms with Gasteiger partial charge in [0, 0.05) is 12.3 Å². The number of carbonyl (C=O) groups is 1. The summed E-state index contributed by atoms with van der Waals surface area (Å²) >= 11 is 0. The van der Waals surface area contributed by atoms with Crippen LogP contribution < -0.4 is 5.73 Å². The minimum Gasteiger partial charge on any atom is -0.468 e. The third-order valence-corrected chi connectivity index (χ3v) is 2.97. The number of rotatable bonds is 4. The number of hydrogen-bond acceptors (Lipinski definition) is 4. The number of carbonyl (C=O) groups excluding carboxylic acids is 1. The monoisotopic (exact) mass is 346 g/mol. The summed E-state index contributed by atoms with van der Waals surface area (Å²) in [7, 11) is 1.31. The Morgan fingerprint density at radius 3 is 2.41 bits per heavy atom. The molecule has 0 amide bonds. The van der Waals surface area contributed by atoms with Crippen molar-refractivity contribution in [2.24, 2.45) is 5.73 Å². The number of halogens is 3. The molecule has 7 heteroatoms. The van der Waals surface area contributed by atoms with E-state index in [2.05, 4.69) is 9.72 Å². The average Bonchev–Trinajstić information content (AvgIpc) is 2.47. The first-order chi connectivity index (χ1) is 9.60. The fourth-order valence-corrected chi connectivity index (χ4v) is 1.90. The van der Waals surface area contributed by atoms with Gasteiger partial charge in [-0.25, -0.2) is 4.98 Å².